The Bertz CT molecular complexity index is 746. The number of aromatic amines is 1. The highest BCUT2D eigenvalue weighted by Crippen LogP contribution is 2.31. The molecule has 0 aliphatic rings. The van der Waals surface area contributed by atoms with Gasteiger partial charge in [0.1, 0.15) is 0 Å². The first-order valence-electron chi connectivity index (χ1n) is 5.18. The van der Waals surface area contributed by atoms with Gasteiger partial charge in [0.15, 0.2) is 5.13 Å². The Labute approximate surface area is 115 Å². The summed E-state index contributed by atoms with van der Waals surface area (Å²) >= 11 is 8.75. The number of halogens is 1. The minimum atomic E-state index is -0.0425. The summed E-state index contributed by atoms with van der Waals surface area (Å²) in [5.41, 5.74) is 1.74. The molecule has 0 amide bonds. The molecule has 0 fully saturated rings. The molecule has 0 radical (unpaired) electrons. The maximum Gasteiger partial charge on any atom is 0.304 e. The van der Waals surface area contributed by atoms with Gasteiger partial charge in [0, 0.05) is 11.1 Å². The summed E-state index contributed by atoms with van der Waals surface area (Å²) in [6, 6.07) is 5.65. The highest BCUT2D eigenvalue weighted by molar-refractivity contribution is 7.22. The summed E-state index contributed by atoms with van der Waals surface area (Å²) in [5, 5.41) is 6.48. The minimum absolute atomic E-state index is 0.0425. The van der Waals surface area contributed by atoms with E-state index < -0.39 is 0 Å². The van der Waals surface area contributed by atoms with Crippen molar-refractivity contribution in [2.75, 3.05) is 5.32 Å². The lowest BCUT2D eigenvalue weighted by molar-refractivity contribution is 1.05. The lowest BCUT2D eigenvalue weighted by atomic mass is 10.3. The van der Waals surface area contributed by atoms with E-state index in [4.69, 9.17) is 11.6 Å². The molecule has 0 spiro atoms. The van der Waals surface area contributed by atoms with Gasteiger partial charge in [-0.25, -0.2) is 4.98 Å². The average molecular weight is 298 g/mol. The van der Waals surface area contributed by atoms with Crippen LogP contribution in [0.15, 0.2) is 28.4 Å². The van der Waals surface area contributed by atoms with E-state index in [9.17, 15) is 4.79 Å². The Morgan fingerprint density at radius 2 is 2.33 bits per heavy atom. The number of rotatable bonds is 3. The maximum absolute atomic E-state index is 11.0. The summed E-state index contributed by atoms with van der Waals surface area (Å²) in [7, 11) is 0. The van der Waals surface area contributed by atoms with Gasteiger partial charge in [0.05, 0.1) is 21.8 Å². The van der Waals surface area contributed by atoms with Crippen LogP contribution in [0.1, 0.15) is 5.69 Å². The maximum atomic E-state index is 11.0. The summed E-state index contributed by atoms with van der Waals surface area (Å²) in [5.74, 6) is 0. The summed E-state index contributed by atoms with van der Waals surface area (Å²) in [4.78, 5) is 18.1. The van der Waals surface area contributed by atoms with Crippen molar-refractivity contribution in [3.05, 3.63) is 44.0 Å². The molecule has 2 aromatic heterocycles. The molecular weight excluding hydrogens is 290 g/mol. The molecule has 3 aromatic rings. The molecule has 2 N–H and O–H groups in total. The van der Waals surface area contributed by atoms with E-state index in [1.165, 1.54) is 11.3 Å². The van der Waals surface area contributed by atoms with E-state index in [0.29, 0.717) is 11.6 Å². The summed E-state index contributed by atoms with van der Waals surface area (Å²) < 4.78 is 0.973. The van der Waals surface area contributed by atoms with Gasteiger partial charge in [-0.2, -0.15) is 0 Å². The predicted octanol–water partition coefficient (Wildman–Crippen LogP) is 3.31. The van der Waals surface area contributed by atoms with Crippen LogP contribution in [0.5, 0.6) is 0 Å². The van der Waals surface area contributed by atoms with Crippen molar-refractivity contribution in [2.24, 2.45) is 0 Å². The lowest BCUT2D eigenvalue weighted by Crippen LogP contribution is -2.02. The molecule has 92 valence electrons. The molecule has 1 aromatic carbocycles. The van der Waals surface area contributed by atoms with Gasteiger partial charge in [0.2, 0.25) is 0 Å². The fraction of sp³-hybridized carbons (Fsp3) is 0.0909. The number of anilines is 1. The van der Waals surface area contributed by atoms with E-state index in [-0.39, 0.29) is 4.87 Å². The Hall–Kier alpha value is -1.37. The first-order chi connectivity index (χ1) is 8.72. The van der Waals surface area contributed by atoms with Crippen molar-refractivity contribution in [2.45, 2.75) is 6.54 Å². The second-order valence-corrected chi connectivity index (χ2v) is 5.88. The Morgan fingerprint density at radius 3 is 3.06 bits per heavy atom. The molecule has 0 saturated carbocycles. The van der Waals surface area contributed by atoms with E-state index in [1.807, 2.05) is 18.2 Å². The van der Waals surface area contributed by atoms with Crippen LogP contribution < -0.4 is 10.2 Å². The van der Waals surface area contributed by atoms with Crippen molar-refractivity contribution in [3.63, 3.8) is 0 Å². The zero-order valence-corrected chi connectivity index (χ0v) is 11.5. The van der Waals surface area contributed by atoms with E-state index >= 15 is 0 Å². The molecule has 0 saturated heterocycles. The van der Waals surface area contributed by atoms with Crippen molar-refractivity contribution in [1.29, 1.82) is 0 Å². The molecule has 0 bridgehead atoms. The van der Waals surface area contributed by atoms with Crippen LogP contribution in [0, 0.1) is 0 Å². The number of nitrogens with one attached hydrogen (secondary N) is 2. The first kappa shape index (κ1) is 11.7. The van der Waals surface area contributed by atoms with Crippen LogP contribution in [0.2, 0.25) is 5.02 Å². The highest BCUT2D eigenvalue weighted by atomic mass is 35.5. The van der Waals surface area contributed by atoms with Crippen LogP contribution in [-0.2, 0) is 6.54 Å². The van der Waals surface area contributed by atoms with E-state index in [1.54, 1.807) is 5.38 Å². The van der Waals surface area contributed by atoms with Crippen LogP contribution in [0.4, 0.5) is 5.13 Å². The fourth-order valence-electron chi connectivity index (χ4n) is 1.56. The van der Waals surface area contributed by atoms with Crippen molar-refractivity contribution in [1.82, 2.24) is 9.97 Å². The predicted molar refractivity (Wildman–Crippen MR) is 76.9 cm³/mol. The van der Waals surface area contributed by atoms with Crippen molar-refractivity contribution < 1.29 is 0 Å². The zero-order valence-electron chi connectivity index (χ0n) is 9.07. The first-order valence-corrected chi connectivity index (χ1v) is 7.25. The molecule has 18 heavy (non-hydrogen) atoms. The molecule has 7 heteroatoms. The smallest absolute Gasteiger partial charge is 0.304 e. The number of hydrogen-bond acceptors (Lipinski definition) is 5. The number of benzene rings is 1. The molecule has 2 heterocycles. The second kappa shape index (κ2) is 4.72. The molecule has 3 rings (SSSR count). The van der Waals surface area contributed by atoms with Gasteiger partial charge in [-0.05, 0) is 12.1 Å². The van der Waals surface area contributed by atoms with Crippen LogP contribution in [0.3, 0.4) is 0 Å². The molecule has 0 aliphatic carbocycles. The second-order valence-electron chi connectivity index (χ2n) is 3.63. The number of thiazole rings is 2. The van der Waals surface area contributed by atoms with Crippen LogP contribution in [0.25, 0.3) is 10.2 Å². The third-order valence-corrected chi connectivity index (χ3v) is 4.58. The zero-order chi connectivity index (χ0) is 12.5. The average Bonchev–Trinajstić information content (AvgIpc) is 2.93. The van der Waals surface area contributed by atoms with E-state index in [0.717, 1.165) is 32.4 Å². The number of nitrogens with zero attached hydrogens (tertiary/aromatic N) is 1. The highest BCUT2D eigenvalue weighted by Gasteiger charge is 2.06. The van der Waals surface area contributed by atoms with Gasteiger partial charge in [-0.15, -0.1) is 0 Å². The normalized spacial score (nSPS) is 10.9. The molecular formula is C11H8ClN3OS2. The van der Waals surface area contributed by atoms with Gasteiger partial charge in [-0.1, -0.05) is 40.3 Å². The SMILES string of the molecule is O=c1[nH]c(CNc2nc3cccc(Cl)c3s2)cs1. The summed E-state index contributed by atoms with van der Waals surface area (Å²) in [6.45, 7) is 0.552. The Morgan fingerprint density at radius 1 is 1.44 bits per heavy atom. The fourth-order valence-corrected chi connectivity index (χ4v) is 3.29. The van der Waals surface area contributed by atoms with Crippen LogP contribution in [-0.4, -0.2) is 9.97 Å². The summed E-state index contributed by atoms with van der Waals surface area (Å²) in [6.07, 6.45) is 0. The topological polar surface area (TPSA) is 57.8 Å². The Kier molecular flexibility index (Phi) is 3.07. The molecule has 4 nitrogen and oxygen atoms in total. The third kappa shape index (κ3) is 2.27. The van der Waals surface area contributed by atoms with Crippen molar-refractivity contribution in [3.8, 4) is 0 Å². The number of fused-ring (bicyclic) bond motifs is 1. The van der Waals surface area contributed by atoms with Crippen LogP contribution >= 0.6 is 34.3 Å². The van der Waals surface area contributed by atoms with Gasteiger partial charge in [-0.3, -0.25) is 4.79 Å². The number of aromatic nitrogens is 2. The van der Waals surface area contributed by atoms with E-state index in [2.05, 4.69) is 15.3 Å². The Balaban J connectivity index is 1.83. The van der Waals surface area contributed by atoms with Gasteiger partial charge in [0.25, 0.3) is 0 Å². The lowest BCUT2D eigenvalue weighted by Gasteiger charge is -1.97. The quantitative estimate of drug-likeness (QED) is 0.780. The molecule has 0 unspecified atom stereocenters. The minimum Gasteiger partial charge on any atom is -0.356 e. The number of H-pyrrole nitrogens is 1. The monoisotopic (exact) mass is 297 g/mol. The molecule has 0 atom stereocenters. The van der Waals surface area contributed by atoms with Gasteiger partial charge >= 0.3 is 4.87 Å². The third-order valence-electron chi connectivity index (χ3n) is 2.37. The van der Waals surface area contributed by atoms with Crippen molar-refractivity contribution >= 4 is 49.6 Å². The number of hydrogen-bond donors (Lipinski definition) is 2. The largest absolute Gasteiger partial charge is 0.356 e. The molecule has 0 aliphatic heterocycles. The standard InChI is InChI=1S/C11H8ClN3OS2/c12-7-2-1-3-8-9(7)18-10(15-8)13-4-6-5-17-11(16)14-6/h1-3,5H,4H2,(H,13,15)(H,14,16). The van der Waals surface area contributed by atoms with Gasteiger partial charge < -0.3 is 10.3 Å².